The molecule has 0 radical (unpaired) electrons. The number of nitrogens with zero attached hydrogens (tertiary/aromatic N) is 1. The molecule has 0 saturated carbocycles. The van der Waals surface area contributed by atoms with Crippen LogP contribution in [0.5, 0.6) is 0 Å². The second kappa shape index (κ2) is 8.08. The smallest absolute Gasteiger partial charge is 0.264 e. The zero-order valence-corrected chi connectivity index (χ0v) is 18.0. The number of carbonyl (C=O) groups is 3. The fourth-order valence-corrected chi connectivity index (χ4v) is 5.53. The first kappa shape index (κ1) is 21.5. The van der Waals surface area contributed by atoms with Crippen molar-refractivity contribution >= 4 is 38.8 Å². The molecule has 0 saturated heterocycles. The second-order valence-corrected chi connectivity index (χ2v) is 9.48. The fourth-order valence-electron chi connectivity index (χ4n) is 4.00. The number of nitrogens with one attached hydrogen (secondary N) is 1. The van der Waals surface area contributed by atoms with Crippen molar-refractivity contribution in [2.45, 2.75) is 17.9 Å². The van der Waals surface area contributed by atoms with Crippen LogP contribution in [0, 0.1) is 5.92 Å². The van der Waals surface area contributed by atoms with Gasteiger partial charge in [-0.2, -0.15) is 0 Å². The van der Waals surface area contributed by atoms with Crippen molar-refractivity contribution in [1.29, 1.82) is 0 Å². The zero-order valence-electron chi connectivity index (χ0n) is 17.2. The summed E-state index contributed by atoms with van der Waals surface area (Å²) in [7, 11) is -4.09. The molecule has 1 aliphatic heterocycles. The minimum Gasteiger partial charge on any atom is -0.399 e. The number of nitrogens with two attached hydrogens (primary N) is 1. The molecule has 0 aromatic heterocycles. The minimum atomic E-state index is -4.09. The number of carbonyl (C=O) groups excluding carboxylic acids is 3. The molecule has 2 aromatic rings. The van der Waals surface area contributed by atoms with Gasteiger partial charge in [-0.1, -0.05) is 30.3 Å². The molecule has 2 aliphatic rings. The van der Waals surface area contributed by atoms with Crippen LogP contribution in [-0.4, -0.2) is 42.8 Å². The van der Waals surface area contributed by atoms with Crippen LogP contribution < -0.4 is 11.1 Å². The standard InChI is InChI=1S/C23H21N3O5S/c1-14(27)25-12-16-11-20(28)23(29)21-19(15-5-3-2-4-6-15)13-26(22(16)21)32(30,31)18-9-7-17(24)8-10-18/h2-11,13,21-22H,12,24H2,1H3,(H,25,27). The number of sulfonamides is 1. The highest BCUT2D eigenvalue weighted by Gasteiger charge is 2.50. The van der Waals surface area contributed by atoms with E-state index >= 15 is 0 Å². The van der Waals surface area contributed by atoms with Crippen molar-refractivity contribution in [2.75, 3.05) is 12.3 Å². The number of hydrogen-bond acceptors (Lipinski definition) is 6. The van der Waals surface area contributed by atoms with Gasteiger partial charge >= 0.3 is 0 Å². The van der Waals surface area contributed by atoms with Crippen molar-refractivity contribution in [3.8, 4) is 0 Å². The molecule has 4 rings (SSSR count). The molecule has 9 heteroatoms. The maximum atomic E-state index is 13.6. The molecule has 32 heavy (non-hydrogen) atoms. The number of ketones is 2. The molecule has 2 aromatic carbocycles. The van der Waals surface area contributed by atoms with Gasteiger partial charge in [-0.3, -0.25) is 18.7 Å². The summed E-state index contributed by atoms with van der Waals surface area (Å²) in [4.78, 5) is 36.9. The van der Waals surface area contributed by atoms with Gasteiger partial charge in [0.15, 0.2) is 0 Å². The number of Topliss-reactive ketones (excluding diaryl/α,β-unsaturated/α-hetero) is 1. The third kappa shape index (κ3) is 3.71. The molecule has 0 bridgehead atoms. The van der Waals surface area contributed by atoms with Crippen LogP contribution in [-0.2, 0) is 24.4 Å². The summed E-state index contributed by atoms with van der Waals surface area (Å²) in [6.07, 6.45) is 2.54. The lowest BCUT2D eigenvalue weighted by Gasteiger charge is -2.33. The number of benzene rings is 2. The Kier molecular flexibility index (Phi) is 5.43. The number of hydrogen-bond donors (Lipinski definition) is 2. The predicted molar refractivity (Wildman–Crippen MR) is 118 cm³/mol. The van der Waals surface area contributed by atoms with Crippen LogP contribution in [0.15, 0.2) is 77.3 Å². The van der Waals surface area contributed by atoms with Gasteiger partial charge in [-0.15, -0.1) is 0 Å². The Morgan fingerprint density at radius 1 is 1.06 bits per heavy atom. The van der Waals surface area contributed by atoms with Gasteiger partial charge in [0.05, 0.1) is 16.9 Å². The Bertz CT molecular complexity index is 1260. The molecule has 0 fully saturated rings. The van der Waals surface area contributed by atoms with Crippen LogP contribution in [0.25, 0.3) is 5.57 Å². The number of anilines is 1. The number of rotatable bonds is 5. The van der Waals surface area contributed by atoms with E-state index in [4.69, 9.17) is 5.73 Å². The van der Waals surface area contributed by atoms with E-state index in [2.05, 4.69) is 5.32 Å². The van der Waals surface area contributed by atoms with Crippen molar-refractivity contribution < 1.29 is 22.8 Å². The van der Waals surface area contributed by atoms with E-state index < -0.39 is 33.5 Å². The third-order valence-corrected chi connectivity index (χ3v) is 7.27. The van der Waals surface area contributed by atoms with E-state index in [1.165, 1.54) is 37.4 Å². The highest BCUT2D eigenvalue weighted by molar-refractivity contribution is 7.89. The maximum absolute atomic E-state index is 13.6. The molecule has 1 amide bonds. The maximum Gasteiger partial charge on any atom is 0.264 e. The van der Waals surface area contributed by atoms with E-state index in [-0.39, 0.29) is 17.3 Å². The van der Waals surface area contributed by atoms with Gasteiger partial charge in [-0.05, 0) is 47.1 Å². The zero-order chi connectivity index (χ0) is 23.0. The third-order valence-electron chi connectivity index (χ3n) is 5.52. The minimum absolute atomic E-state index is 0.000706. The monoisotopic (exact) mass is 451 g/mol. The van der Waals surface area contributed by atoms with E-state index in [9.17, 15) is 22.8 Å². The summed E-state index contributed by atoms with van der Waals surface area (Å²) in [6.45, 7) is 1.26. The quantitative estimate of drug-likeness (QED) is 0.524. The highest BCUT2D eigenvalue weighted by Crippen LogP contribution is 2.43. The highest BCUT2D eigenvalue weighted by atomic mass is 32.2. The summed E-state index contributed by atoms with van der Waals surface area (Å²) in [5.74, 6) is -2.76. The fraction of sp³-hybridized carbons (Fsp3) is 0.174. The summed E-state index contributed by atoms with van der Waals surface area (Å²) in [5.41, 5.74) is 7.52. The van der Waals surface area contributed by atoms with Crippen LogP contribution in [0.2, 0.25) is 0 Å². The normalized spacial score (nSPS) is 20.5. The first-order valence-corrected chi connectivity index (χ1v) is 11.3. The molecule has 2 unspecified atom stereocenters. The Hall–Kier alpha value is -3.72. The summed E-state index contributed by atoms with van der Waals surface area (Å²) < 4.78 is 28.3. The predicted octanol–water partition coefficient (Wildman–Crippen LogP) is 1.51. The molecule has 1 aliphatic carbocycles. The van der Waals surface area contributed by atoms with Gasteiger partial charge in [-0.25, -0.2) is 8.42 Å². The van der Waals surface area contributed by atoms with E-state index in [0.717, 1.165) is 10.4 Å². The number of fused-ring (bicyclic) bond motifs is 1. The number of amides is 1. The summed E-state index contributed by atoms with van der Waals surface area (Å²) >= 11 is 0. The molecule has 2 atom stereocenters. The Balaban J connectivity index is 1.88. The molecular weight excluding hydrogens is 430 g/mol. The van der Waals surface area contributed by atoms with Crippen molar-refractivity contribution in [1.82, 2.24) is 9.62 Å². The second-order valence-electron chi connectivity index (χ2n) is 7.63. The van der Waals surface area contributed by atoms with Gasteiger partial charge in [0.1, 0.15) is 0 Å². The van der Waals surface area contributed by atoms with Gasteiger partial charge in [0, 0.05) is 25.4 Å². The van der Waals surface area contributed by atoms with Crippen molar-refractivity contribution in [3.63, 3.8) is 0 Å². The SMILES string of the molecule is CC(=O)NCC1=CC(=O)C(=O)C2C(c3ccccc3)=CN(S(=O)(=O)c3ccc(N)cc3)C12. The lowest BCUT2D eigenvalue weighted by molar-refractivity contribution is -0.136. The summed E-state index contributed by atoms with van der Waals surface area (Å²) in [6, 6.07) is 13.6. The average molecular weight is 452 g/mol. The van der Waals surface area contributed by atoms with Gasteiger partial charge < -0.3 is 11.1 Å². The summed E-state index contributed by atoms with van der Waals surface area (Å²) in [5, 5.41) is 2.61. The Labute approximate surface area is 185 Å². The molecular formula is C23H21N3O5S. The Morgan fingerprint density at radius 2 is 1.72 bits per heavy atom. The van der Waals surface area contributed by atoms with E-state index in [0.29, 0.717) is 22.4 Å². The Morgan fingerprint density at radius 3 is 2.34 bits per heavy atom. The lowest BCUT2D eigenvalue weighted by Crippen LogP contribution is -2.47. The van der Waals surface area contributed by atoms with Crippen molar-refractivity contribution in [3.05, 3.63) is 78.0 Å². The molecule has 1 heterocycles. The average Bonchev–Trinajstić information content (AvgIpc) is 3.18. The number of allylic oxidation sites excluding steroid dienone is 1. The molecule has 8 nitrogen and oxygen atoms in total. The van der Waals surface area contributed by atoms with Gasteiger partial charge in [0.2, 0.25) is 17.5 Å². The van der Waals surface area contributed by atoms with Crippen LogP contribution in [0.1, 0.15) is 12.5 Å². The molecule has 0 spiro atoms. The van der Waals surface area contributed by atoms with Crippen LogP contribution in [0.4, 0.5) is 5.69 Å². The first-order chi connectivity index (χ1) is 15.2. The van der Waals surface area contributed by atoms with Crippen molar-refractivity contribution in [2.24, 2.45) is 5.92 Å². The largest absolute Gasteiger partial charge is 0.399 e. The molecule has 164 valence electrons. The van der Waals surface area contributed by atoms with E-state index in [1.54, 1.807) is 30.3 Å². The number of nitrogen functional groups attached to an aromatic ring is 1. The topological polar surface area (TPSA) is 127 Å². The van der Waals surface area contributed by atoms with E-state index in [1.807, 2.05) is 0 Å². The van der Waals surface area contributed by atoms with Crippen LogP contribution >= 0.6 is 0 Å². The molecule has 3 N–H and O–H groups in total. The first-order valence-electron chi connectivity index (χ1n) is 9.89. The van der Waals surface area contributed by atoms with Gasteiger partial charge in [0.25, 0.3) is 10.0 Å². The lowest BCUT2D eigenvalue weighted by atomic mass is 9.78. The van der Waals surface area contributed by atoms with Crippen LogP contribution in [0.3, 0.4) is 0 Å².